The summed E-state index contributed by atoms with van der Waals surface area (Å²) in [5.74, 6) is -3.53. The number of carboxylic acids is 2. The van der Waals surface area contributed by atoms with Crippen LogP contribution in [0.25, 0.3) is 0 Å². The number of aliphatic carboxylic acids is 2. The summed E-state index contributed by atoms with van der Waals surface area (Å²) in [6.07, 6.45) is -0.767. The van der Waals surface area contributed by atoms with E-state index < -0.39 is 42.4 Å². The molecule has 2 amide bonds. The molecule has 0 spiro atoms. The van der Waals surface area contributed by atoms with E-state index in [9.17, 15) is 19.2 Å². The smallest absolute Gasteiger partial charge is 0.328 e. The van der Waals surface area contributed by atoms with E-state index in [1.54, 1.807) is 6.92 Å². The number of rotatable bonds is 7. The minimum atomic E-state index is -1.58. The Kier molecular flexibility index (Phi) is 6.94. The number of hydrogen-bond acceptors (Lipinski definition) is 5. The van der Waals surface area contributed by atoms with E-state index in [1.807, 2.05) is 5.32 Å². The molecule has 19 heavy (non-hydrogen) atoms. The van der Waals surface area contributed by atoms with Crippen molar-refractivity contribution in [3.8, 4) is 0 Å². The number of ether oxygens (including phenoxy) is 1. The number of amides is 2. The molecule has 2 unspecified atom stereocenters. The third-order valence-corrected chi connectivity index (χ3v) is 1.97. The summed E-state index contributed by atoms with van der Waals surface area (Å²) in [5, 5.41) is 21.3. The summed E-state index contributed by atoms with van der Waals surface area (Å²) in [6, 6.07) is -3.51. The molecule has 0 aliphatic heterocycles. The predicted octanol–water partition coefficient (Wildman–Crippen LogP) is -0.835. The van der Waals surface area contributed by atoms with Crippen molar-refractivity contribution in [3.05, 3.63) is 0 Å². The van der Waals surface area contributed by atoms with E-state index in [0.717, 1.165) is 0 Å². The molecule has 0 aliphatic rings. The Morgan fingerprint density at radius 3 is 2.16 bits per heavy atom. The van der Waals surface area contributed by atoms with Gasteiger partial charge in [-0.05, 0) is 13.8 Å². The first-order valence-electron chi connectivity index (χ1n) is 5.46. The van der Waals surface area contributed by atoms with Crippen LogP contribution in [0.4, 0.5) is 4.79 Å². The second-order valence-corrected chi connectivity index (χ2v) is 3.58. The lowest BCUT2D eigenvalue weighted by molar-refractivity contribution is -0.145. The van der Waals surface area contributed by atoms with Gasteiger partial charge in [-0.15, -0.1) is 0 Å². The Hall–Kier alpha value is -2.32. The van der Waals surface area contributed by atoms with Gasteiger partial charge in [0.05, 0.1) is 13.0 Å². The third kappa shape index (κ3) is 6.86. The van der Waals surface area contributed by atoms with Crippen LogP contribution in [0.5, 0.6) is 0 Å². The Bertz CT molecular complexity index is 369. The summed E-state index contributed by atoms with van der Waals surface area (Å²) in [7, 11) is 0. The minimum absolute atomic E-state index is 0.142. The summed E-state index contributed by atoms with van der Waals surface area (Å²) in [4.78, 5) is 43.7. The van der Waals surface area contributed by atoms with Crippen molar-refractivity contribution < 1.29 is 34.1 Å². The Balaban J connectivity index is 4.37. The molecular formula is C10H16N2O7. The summed E-state index contributed by atoms with van der Waals surface area (Å²) in [6.45, 7) is 3.09. The van der Waals surface area contributed by atoms with E-state index >= 15 is 0 Å². The largest absolute Gasteiger partial charge is 0.481 e. The maximum Gasteiger partial charge on any atom is 0.328 e. The standard InChI is InChI=1S/C10H16N2O7/c1-3-19-9(17)5(2)11-10(18)12-6(8(15)16)4-7(13)14/h5-6H,3-4H2,1-2H3,(H,13,14)(H,15,16)(H2,11,12,18). The number of carbonyl (C=O) groups excluding carboxylic acids is 2. The van der Waals surface area contributed by atoms with Crippen LogP contribution in [0.15, 0.2) is 0 Å². The van der Waals surface area contributed by atoms with Crippen LogP contribution >= 0.6 is 0 Å². The van der Waals surface area contributed by atoms with Gasteiger partial charge in [0.25, 0.3) is 0 Å². The van der Waals surface area contributed by atoms with Crippen LogP contribution < -0.4 is 10.6 Å². The quantitative estimate of drug-likeness (QED) is 0.444. The lowest BCUT2D eigenvalue weighted by Gasteiger charge is -2.16. The second kappa shape index (κ2) is 7.90. The summed E-state index contributed by atoms with van der Waals surface area (Å²) < 4.78 is 4.63. The van der Waals surface area contributed by atoms with Gasteiger partial charge in [0, 0.05) is 0 Å². The van der Waals surface area contributed by atoms with Gasteiger partial charge in [-0.25, -0.2) is 14.4 Å². The number of carboxylic acid groups (broad SMARTS) is 2. The zero-order valence-corrected chi connectivity index (χ0v) is 10.5. The van der Waals surface area contributed by atoms with E-state index in [1.165, 1.54) is 6.92 Å². The molecular weight excluding hydrogens is 260 g/mol. The minimum Gasteiger partial charge on any atom is -0.481 e. The van der Waals surface area contributed by atoms with Crippen LogP contribution in [0.3, 0.4) is 0 Å². The molecule has 0 radical (unpaired) electrons. The fourth-order valence-corrected chi connectivity index (χ4v) is 1.10. The SMILES string of the molecule is CCOC(=O)C(C)NC(=O)NC(CC(=O)O)C(=O)O. The van der Waals surface area contributed by atoms with Gasteiger partial charge in [0.2, 0.25) is 0 Å². The van der Waals surface area contributed by atoms with E-state index in [-0.39, 0.29) is 6.61 Å². The van der Waals surface area contributed by atoms with Crippen molar-refractivity contribution in [2.75, 3.05) is 6.61 Å². The first kappa shape index (κ1) is 16.7. The zero-order valence-electron chi connectivity index (χ0n) is 10.5. The van der Waals surface area contributed by atoms with Gasteiger partial charge in [0.15, 0.2) is 0 Å². The summed E-state index contributed by atoms with van der Waals surface area (Å²) in [5.41, 5.74) is 0. The number of carbonyl (C=O) groups is 4. The molecule has 0 saturated carbocycles. The maximum atomic E-state index is 11.4. The molecule has 0 aliphatic carbocycles. The van der Waals surface area contributed by atoms with Crippen molar-refractivity contribution in [2.24, 2.45) is 0 Å². The normalized spacial score (nSPS) is 12.9. The molecule has 0 fully saturated rings. The van der Waals surface area contributed by atoms with Gasteiger partial charge in [-0.2, -0.15) is 0 Å². The maximum absolute atomic E-state index is 11.4. The predicted molar refractivity (Wildman–Crippen MR) is 61.4 cm³/mol. The van der Waals surface area contributed by atoms with E-state index in [2.05, 4.69) is 10.1 Å². The van der Waals surface area contributed by atoms with Gasteiger partial charge >= 0.3 is 23.9 Å². The highest BCUT2D eigenvalue weighted by atomic mass is 16.5. The number of hydrogen-bond donors (Lipinski definition) is 4. The van der Waals surface area contributed by atoms with Crippen molar-refractivity contribution >= 4 is 23.9 Å². The van der Waals surface area contributed by atoms with Crippen LogP contribution in [0.1, 0.15) is 20.3 Å². The van der Waals surface area contributed by atoms with Crippen LogP contribution in [0, 0.1) is 0 Å². The molecule has 0 saturated heterocycles. The fraction of sp³-hybridized carbons (Fsp3) is 0.600. The number of esters is 1. The van der Waals surface area contributed by atoms with Gasteiger partial charge in [-0.1, -0.05) is 0 Å². The van der Waals surface area contributed by atoms with Gasteiger partial charge in [-0.3, -0.25) is 4.79 Å². The Labute approximate surface area is 108 Å². The number of urea groups is 1. The molecule has 108 valence electrons. The lowest BCUT2D eigenvalue weighted by Crippen LogP contribution is -2.51. The molecule has 4 N–H and O–H groups in total. The average Bonchev–Trinajstić information content (AvgIpc) is 2.27. The van der Waals surface area contributed by atoms with Crippen molar-refractivity contribution in [2.45, 2.75) is 32.4 Å². The number of nitrogens with one attached hydrogen (secondary N) is 2. The molecule has 2 atom stereocenters. The monoisotopic (exact) mass is 276 g/mol. The van der Waals surface area contributed by atoms with Crippen molar-refractivity contribution in [3.63, 3.8) is 0 Å². The van der Waals surface area contributed by atoms with Crippen molar-refractivity contribution in [1.82, 2.24) is 10.6 Å². The third-order valence-electron chi connectivity index (χ3n) is 1.97. The summed E-state index contributed by atoms with van der Waals surface area (Å²) >= 11 is 0. The topological polar surface area (TPSA) is 142 Å². The lowest BCUT2D eigenvalue weighted by atomic mass is 10.2. The highest BCUT2D eigenvalue weighted by Crippen LogP contribution is 1.94. The highest BCUT2D eigenvalue weighted by Gasteiger charge is 2.24. The van der Waals surface area contributed by atoms with Gasteiger partial charge < -0.3 is 25.6 Å². The second-order valence-electron chi connectivity index (χ2n) is 3.58. The molecule has 0 rings (SSSR count). The first-order chi connectivity index (χ1) is 8.77. The van der Waals surface area contributed by atoms with Crippen LogP contribution in [-0.4, -0.2) is 52.8 Å². The van der Waals surface area contributed by atoms with E-state index in [4.69, 9.17) is 10.2 Å². The fourth-order valence-electron chi connectivity index (χ4n) is 1.10. The Morgan fingerprint density at radius 1 is 1.16 bits per heavy atom. The molecule has 0 aromatic rings. The highest BCUT2D eigenvalue weighted by molar-refractivity contribution is 5.88. The zero-order chi connectivity index (χ0) is 15.0. The Morgan fingerprint density at radius 2 is 1.74 bits per heavy atom. The molecule has 0 aromatic carbocycles. The van der Waals surface area contributed by atoms with Crippen LogP contribution in [0.2, 0.25) is 0 Å². The molecule has 0 bridgehead atoms. The van der Waals surface area contributed by atoms with Crippen molar-refractivity contribution in [1.29, 1.82) is 0 Å². The molecule has 9 nitrogen and oxygen atoms in total. The van der Waals surface area contributed by atoms with Crippen LogP contribution in [-0.2, 0) is 19.1 Å². The first-order valence-corrected chi connectivity index (χ1v) is 5.46. The van der Waals surface area contributed by atoms with E-state index in [0.29, 0.717) is 0 Å². The van der Waals surface area contributed by atoms with Gasteiger partial charge in [0.1, 0.15) is 12.1 Å². The molecule has 0 aromatic heterocycles. The average molecular weight is 276 g/mol. The molecule has 0 heterocycles. The molecule has 9 heteroatoms.